The molecule has 0 aliphatic carbocycles. The van der Waals surface area contributed by atoms with Gasteiger partial charge in [-0.2, -0.15) is 4.90 Å². The molecular formula is C24H27N3O6. The number of hydrogen-bond acceptors (Lipinski definition) is 7. The number of primary amides is 1. The van der Waals surface area contributed by atoms with E-state index in [4.69, 9.17) is 20.0 Å². The zero-order chi connectivity index (χ0) is 23.5. The molecule has 9 nitrogen and oxygen atoms in total. The zero-order valence-corrected chi connectivity index (χ0v) is 18.6. The van der Waals surface area contributed by atoms with Crippen molar-refractivity contribution >= 4 is 23.5 Å². The van der Waals surface area contributed by atoms with E-state index in [0.717, 1.165) is 12.8 Å². The largest absolute Gasteiger partial charge is 0.490 e. The Kier molecular flexibility index (Phi) is 6.50. The fourth-order valence-electron chi connectivity index (χ4n) is 4.19. The smallest absolute Gasteiger partial charge is 0.328 e. The number of unbranched alkanes of at least 4 members (excludes halogenated alkanes) is 1. The molecule has 2 aromatic rings. The Morgan fingerprint density at radius 3 is 2.45 bits per heavy atom. The van der Waals surface area contributed by atoms with Crippen molar-refractivity contribution < 1.29 is 28.7 Å². The SMILES string of the molecule is CCCCOc1ccc([C@@H]2[C@@H]3C(=O)N(C(N)=O)C(=O)[C@H]3ON2c2ccccc2)cc1OCC. The Morgan fingerprint density at radius 1 is 1.03 bits per heavy atom. The number of nitrogens with zero attached hydrogens (tertiary/aromatic N) is 2. The number of amides is 4. The Bertz CT molecular complexity index is 1040. The van der Waals surface area contributed by atoms with E-state index in [2.05, 4.69) is 6.92 Å². The van der Waals surface area contributed by atoms with Crippen LogP contribution in [0.2, 0.25) is 0 Å². The lowest BCUT2D eigenvalue weighted by Gasteiger charge is -2.28. The third-order valence-corrected chi connectivity index (χ3v) is 5.71. The van der Waals surface area contributed by atoms with Gasteiger partial charge in [-0.15, -0.1) is 0 Å². The van der Waals surface area contributed by atoms with Crippen LogP contribution in [0.5, 0.6) is 11.5 Å². The minimum atomic E-state index is -1.15. The summed E-state index contributed by atoms with van der Waals surface area (Å²) in [6.07, 6.45) is 0.768. The molecule has 3 atom stereocenters. The minimum absolute atomic E-state index is 0.427. The molecule has 0 bridgehead atoms. The van der Waals surface area contributed by atoms with Crippen molar-refractivity contribution in [3.63, 3.8) is 0 Å². The molecule has 2 fully saturated rings. The molecule has 2 aromatic carbocycles. The molecule has 2 aliphatic rings. The van der Waals surface area contributed by atoms with Crippen LogP contribution in [0.4, 0.5) is 10.5 Å². The first-order valence-corrected chi connectivity index (χ1v) is 11.1. The highest BCUT2D eigenvalue weighted by atomic mass is 16.7. The van der Waals surface area contributed by atoms with Crippen molar-refractivity contribution in [1.29, 1.82) is 0 Å². The van der Waals surface area contributed by atoms with E-state index in [-0.39, 0.29) is 0 Å². The van der Waals surface area contributed by atoms with E-state index >= 15 is 0 Å². The van der Waals surface area contributed by atoms with Crippen molar-refractivity contribution in [1.82, 2.24) is 4.90 Å². The number of hydrogen-bond donors (Lipinski definition) is 1. The highest BCUT2D eigenvalue weighted by Gasteiger charge is 2.61. The second-order valence-corrected chi connectivity index (χ2v) is 7.85. The van der Waals surface area contributed by atoms with E-state index in [1.165, 1.54) is 0 Å². The predicted octanol–water partition coefficient (Wildman–Crippen LogP) is 3.19. The van der Waals surface area contributed by atoms with Gasteiger partial charge in [-0.05, 0) is 43.2 Å². The third kappa shape index (κ3) is 4.11. The van der Waals surface area contributed by atoms with Crippen molar-refractivity contribution in [2.45, 2.75) is 38.8 Å². The number of ether oxygens (including phenoxy) is 2. The number of hydroxylamine groups is 1. The van der Waals surface area contributed by atoms with Crippen LogP contribution in [-0.2, 0) is 14.4 Å². The van der Waals surface area contributed by atoms with Crippen LogP contribution in [-0.4, -0.2) is 42.1 Å². The monoisotopic (exact) mass is 453 g/mol. The number of rotatable bonds is 8. The van der Waals surface area contributed by atoms with Crippen LogP contribution >= 0.6 is 0 Å². The van der Waals surface area contributed by atoms with E-state index in [0.29, 0.717) is 40.9 Å². The average Bonchev–Trinajstić information content (AvgIpc) is 3.31. The highest BCUT2D eigenvalue weighted by molar-refractivity contribution is 6.18. The van der Waals surface area contributed by atoms with Gasteiger partial charge in [-0.25, -0.2) is 9.86 Å². The van der Waals surface area contributed by atoms with Gasteiger partial charge in [0.1, 0.15) is 5.92 Å². The third-order valence-electron chi connectivity index (χ3n) is 5.71. The molecule has 33 heavy (non-hydrogen) atoms. The molecule has 2 saturated heterocycles. The number of anilines is 1. The normalized spacial score (nSPS) is 21.9. The van der Waals surface area contributed by atoms with Gasteiger partial charge in [0, 0.05) is 0 Å². The van der Waals surface area contributed by atoms with Crippen molar-refractivity contribution in [3.05, 3.63) is 54.1 Å². The quantitative estimate of drug-likeness (QED) is 0.483. The summed E-state index contributed by atoms with van der Waals surface area (Å²) in [6, 6.07) is 12.8. The molecule has 174 valence electrons. The fraction of sp³-hybridized carbons (Fsp3) is 0.375. The van der Waals surface area contributed by atoms with E-state index in [1.807, 2.05) is 43.3 Å². The van der Waals surface area contributed by atoms with Gasteiger partial charge < -0.3 is 15.2 Å². The topological polar surface area (TPSA) is 111 Å². The Balaban J connectivity index is 1.76. The van der Waals surface area contributed by atoms with Gasteiger partial charge in [0.2, 0.25) is 5.91 Å². The molecule has 4 amide bonds. The van der Waals surface area contributed by atoms with Gasteiger partial charge in [0.05, 0.1) is 24.9 Å². The van der Waals surface area contributed by atoms with Crippen LogP contribution in [0.3, 0.4) is 0 Å². The molecule has 0 spiro atoms. The van der Waals surface area contributed by atoms with E-state index < -0.39 is 35.9 Å². The summed E-state index contributed by atoms with van der Waals surface area (Å²) < 4.78 is 11.7. The summed E-state index contributed by atoms with van der Waals surface area (Å²) >= 11 is 0. The lowest BCUT2D eigenvalue weighted by atomic mass is 9.90. The molecule has 2 N–H and O–H groups in total. The summed E-state index contributed by atoms with van der Waals surface area (Å²) in [6.45, 7) is 4.94. The number of para-hydroxylation sites is 1. The Morgan fingerprint density at radius 2 is 1.79 bits per heavy atom. The summed E-state index contributed by atoms with van der Waals surface area (Å²) in [5.41, 5.74) is 6.65. The minimum Gasteiger partial charge on any atom is -0.490 e. The van der Waals surface area contributed by atoms with Crippen molar-refractivity contribution in [2.24, 2.45) is 11.7 Å². The van der Waals surface area contributed by atoms with E-state index in [1.54, 1.807) is 17.2 Å². The van der Waals surface area contributed by atoms with Gasteiger partial charge in [0.25, 0.3) is 5.91 Å². The molecule has 0 aromatic heterocycles. The first-order valence-electron chi connectivity index (χ1n) is 11.1. The Hall–Kier alpha value is -3.59. The Labute approximate surface area is 191 Å². The van der Waals surface area contributed by atoms with Crippen LogP contribution in [0.1, 0.15) is 38.3 Å². The molecule has 0 unspecified atom stereocenters. The number of nitrogens with two attached hydrogens (primary N) is 1. The molecule has 9 heteroatoms. The van der Waals surface area contributed by atoms with Crippen LogP contribution in [0, 0.1) is 5.92 Å². The first kappa shape index (κ1) is 22.6. The number of likely N-dealkylation sites (tertiary alicyclic amines) is 1. The number of fused-ring (bicyclic) bond motifs is 1. The standard InChI is InChI=1S/C24H27N3O6/c1-3-5-13-32-17-12-11-15(14-18(17)31-4-2)20-19-21(23(29)26(22(19)28)24(25)30)33-27(20)16-9-7-6-8-10-16/h6-12,14,19-21H,3-5,13H2,1-2H3,(H2,25,30)/t19-,20+,21-/m0/s1. The van der Waals surface area contributed by atoms with Gasteiger partial charge in [-0.1, -0.05) is 37.6 Å². The number of benzene rings is 2. The molecule has 2 heterocycles. The fourth-order valence-corrected chi connectivity index (χ4v) is 4.19. The molecular weight excluding hydrogens is 426 g/mol. The van der Waals surface area contributed by atoms with Crippen LogP contribution < -0.4 is 20.3 Å². The lowest BCUT2D eigenvalue weighted by Crippen LogP contribution is -2.44. The summed E-state index contributed by atoms with van der Waals surface area (Å²) in [7, 11) is 0. The van der Waals surface area contributed by atoms with Crippen LogP contribution in [0.15, 0.2) is 48.5 Å². The van der Waals surface area contributed by atoms with Gasteiger partial charge >= 0.3 is 6.03 Å². The zero-order valence-electron chi connectivity index (χ0n) is 18.6. The average molecular weight is 453 g/mol. The summed E-state index contributed by atoms with van der Waals surface area (Å²) in [5, 5.41) is 1.55. The molecule has 4 rings (SSSR count). The molecule has 2 aliphatic heterocycles. The van der Waals surface area contributed by atoms with Crippen molar-refractivity contribution in [3.8, 4) is 11.5 Å². The maximum Gasteiger partial charge on any atom is 0.328 e. The van der Waals surface area contributed by atoms with E-state index in [9.17, 15) is 14.4 Å². The summed E-state index contributed by atoms with van der Waals surface area (Å²) in [4.78, 5) is 44.0. The highest BCUT2D eigenvalue weighted by Crippen LogP contribution is 2.47. The maximum absolute atomic E-state index is 13.1. The van der Waals surface area contributed by atoms with Crippen molar-refractivity contribution in [2.75, 3.05) is 18.3 Å². The lowest BCUT2D eigenvalue weighted by molar-refractivity contribution is -0.139. The molecule has 0 saturated carbocycles. The number of imide groups is 3. The molecule has 0 radical (unpaired) electrons. The van der Waals surface area contributed by atoms with Gasteiger partial charge in [0.15, 0.2) is 17.6 Å². The second kappa shape index (κ2) is 9.50. The number of urea groups is 1. The predicted molar refractivity (Wildman–Crippen MR) is 119 cm³/mol. The van der Waals surface area contributed by atoms with Crippen LogP contribution in [0.25, 0.3) is 0 Å². The number of carbonyl (C=O) groups excluding carboxylic acids is 3. The summed E-state index contributed by atoms with van der Waals surface area (Å²) in [5.74, 6) is -1.24. The van der Waals surface area contributed by atoms with Gasteiger partial charge in [-0.3, -0.25) is 14.4 Å². The second-order valence-electron chi connectivity index (χ2n) is 7.85. The number of carbonyl (C=O) groups is 3. The first-order chi connectivity index (χ1) is 16.0. The maximum atomic E-state index is 13.1.